The monoisotopic (exact) mass is 510 g/mol. The molecule has 2 aromatic carbocycles. The average molecular weight is 511 g/mol. The molecule has 1 spiro atoms. The minimum Gasteiger partial charge on any atom is -0.307 e. The van der Waals surface area contributed by atoms with E-state index in [-0.39, 0.29) is 17.7 Å². The van der Waals surface area contributed by atoms with Gasteiger partial charge in [0.2, 0.25) is 5.91 Å². The molecule has 2 N–H and O–H groups in total. The lowest BCUT2D eigenvalue weighted by molar-refractivity contribution is -0.131. The topological polar surface area (TPSA) is 78.1 Å². The molecule has 1 saturated heterocycles. The van der Waals surface area contributed by atoms with E-state index in [1.807, 2.05) is 53.4 Å². The normalized spacial score (nSPS) is 24.1. The number of carbonyl (C=O) groups is 2. The summed E-state index contributed by atoms with van der Waals surface area (Å²) in [6, 6.07) is 17.3. The first kappa shape index (κ1) is 22.5. The lowest BCUT2D eigenvalue weighted by Crippen LogP contribution is -2.27. The summed E-state index contributed by atoms with van der Waals surface area (Å²) in [5, 5.41) is 10.9. The standard InChI is InChI=1S/C30H27ClN4O2/c31-22-12-10-19(11-13-22)24-16-30(24)23-6-1-2-7-26(23)35(29(30)37)17-18-4-3-5-21(14-18)28(36)32-27-15-25(33-34-27)20-8-9-20/h3-7,10-15,20,24H,1-2,8-9,16-17H2,(H2,32,33,34,36)/t24?,30-/m1/s1. The van der Waals surface area contributed by atoms with Gasteiger partial charge in [0.1, 0.15) is 0 Å². The van der Waals surface area contributed by atoms with Gasteiger partial charge in [0, 0.05) is 39.9 Å². The van der Waals surface area contributed by atoms with Crippen LogP contribution < -0.4 is 5.32 Å². The minimum absolute atomic E-state index is 0.158. The van der Waals surface area contributed by atoms with Crippen LogP contribution in [-0.2, 0) is 11.3 Å². The number of nitrogens with one attached hydrogen (secondary N) is 2. The number of halogens is 1. The lowest BCUT2D eigenvalue weighted by Gasteiger charge is -2.20. The summed E-state index contributed by atoms with van der Waals surface area (Å²) < 4.78 is 0. The first-order chi connectivity index (χ1) is 18.0. The van der Waals surface area contributed by atoms with Crippen molar-refractivity contribution in [1.82, 2.24) is 15.1 Å². The number of aromatic amines is 1. The number of H-pyrrole nitrogens is 1. The minimum atomic E-state index is -0.478. The zero-order valence-corrected chi connectivity index (χ0v) is 21.1. The number of likely N-dealkylation sites (tertiary alicyclic amines) is 1. The van der Waals surface area contributed by atoms with Crippen molar-refractivity contribution in [3.05, 3.63) is 105 Å². The molecule has 2 saturated carbocycles. The Morgan fingerprint density at radius 2 is 1.92 bits per heavy atom. The SMILES string of the molecule is O=C(Nc1cc(C2CC2)[nH]n1)c1cccc(CN2C(=O)[C@]3(CC3c3ccc(Cl)cc3)C3=CCCC=C32)c1. The number of hydrogen-bond donors (Lipinski definition) is 2. The number of aromatic nitrogens is 2. The van der Waals surface area contributed by atoms with Crippen LogP contribution in [0.5, 0.6) is 0 Å². The maximum Gasteiger partial charge on any atom is 0.256 e. The fraction of sp³-hybridized carbons (Fsp3) is 0.300. The predicted octanol–water partition coefficient (Wildman–Crippen LogP) is 6.31. The number of hydrogen-bond acceptors (Lipinski definition) is 3. The molecule has 2 amide bonds. The van der Waals surface area contributed by atoms with E-state index in [1.165, 1.54) is 18.4 Å². The fourth-order valence-corrected chi connectivity index (χ4v) is 6.16. The predicted molar refractivity (Wildman–Crippen MR) is 142 cm³/mol. The molecule has 1 aliphatic heterocycles. The zero-order chi connectivity index (χ0) is 25.1. The van der Waals surface area contributed by atoms with Crippen molar-refractivity contribution in [2.24, 2.45) is 5.41 Å². The fourth-order valence-electron chi connectivity index (χ4n) is 6.03. The largest absolute Gasteiger partial charge is 0.307 e. The van der Waals surface area contributed by atoms with E-state index >= 15 is 0 Å². The molecule has 3 aliphatic carbocycles. The highest BCUT2D eigenvalue weighted by molar-refractivity contribution is 6.30. The molecule has 6 nitrogen and oxygen atoms in total. The summed E-state index contributed by atoms with van der Waals surface area (Å²) in [7, 11) is 0. The number of allylic oxidation sites excluding steroid dienone is 3. The molecule has 0 radical (unpaired) electrons. The second-order valence-electron chi connectivity index (χ2n) is 10.6. The van der Waals surface area contributed by atoms with Gasteiger partial charge < -0.3 is 10.2 Å². The number of amides is 2. The van der Waals surface area contributed by atoms with Crippen molar-refractivity contribution in [1.29, 1.82) is 0 Å². The number of anilines is 1. The van der Waals surface area contributed by atoms with Gasteiger partial charge in [-0.05, 0) is 73.1 Å². The van der Waals surface area contributed by atoms with Gasteiger partial charge in [-0.3, -0.25) is 14.7 Å². The second-order valence-corrected chi connectivity index (χ2v) is 11.0. The van der Waals surface area contributed by atoms with Crippen LogP contribution in [-0.4, -0.2) is 26.9 Å². The van der Waals surface area contributed by atoms with Crippen molar-refractivity contribution in [3.8, 4) is 0 Å². The van der Waals surface area contributed by atoms with Crippen LogP contribution >= 0.6 is 11.6 Å². The van der Waals surface area contributed by atoms with Crippen LogP contribution in [0, 0.1) is 5.41 Å². The van der Waals surface area contributed by atoms with E-state index in [0.717, 1.165) is 41.8 Å². The van der Waals surface area contributed by atoms with Crippen LogP contribution in [0.4, 0.5) is 5.82 Å². The van der Waals surface area contributed by atoms with Crippen LogP contribution in [0.3, 0.4) is 0 Å². The molecule has 2 atom stereocenters. The van der Waals surface area contributed by atoms with E-state index in [9.17, 15) is 9.59 Å². The summed E-state index contributed by atoms with van der Waals surface area (Å²) in [6.07, 6.45) is 9.50. The number of rotatable bonds is 6. The molecule has 4 aliphatic rings. The smallest absolute Gasteiger partial charge is 0.256 e. The van der Waals surface area contributed by atoms with Crippen LogP contribution in [0.2, 0.25) is 5.02 Å². The number of carbonyl (C=O) groups excluding carboxylic acids is 2. The molecular weight excluding hydrogens is 484 g/mol. The van der Waals surface area contributed by atoms with Crippen molar-refractivity contribution >= 4 is 29.2 Å². The highest BCUT2D eigenvalue weighted by Gasteiger charge is 2.68. The maximum atomic E-state index is 14.0. The van der Waals surface area contributed by atoms with E-state index in [1.54, 1.807) is 6.07 Å². The Bertz CT molecular complexity index is 1480. The third-order valence-electron chi connectivity index (χ3n) is 8.15. The molecule has 37 heavy (non-hydrogen) atoms. The van der Waals surface area contributed by atoms with Crippen molar-refractivity contribution in [2.45, 2.75) is 50.5 Å². The summed E-state index contributed by atoms with van der Waals surface area (Å²) in [5.41, 5.74) is 5.43. The molecule has 7 rings (SSSR count). The average Bonchev–Trinajstić information content (AvgIpc) is 3.83. The molecule has 186 valence electrons. The number of benzene rings is 2. The quantitative estimate of drug-likeness (QED) is 0.407. The molecule has 3 aromatic rings. The van der Waals surface area contributed by atoms with E-state index in [0.29, 0.717) is 28.9 Å². The molecule has 1 unspecified atom stereocenters. The number of fused-ring (bicyclic) bond motifs is 2. The Kier molecular flexibility index (Phi) is 5.15. The van der Waals surface area contributed by atoms with Gasteiger partial charge in [-0.2, -0.15) is 5.10 Å². The summed E-state index contributed by atoms with van der Waals surface area (Å²) in [4.78, 5) is 28.8. The van der Waals surface area contributed by atoms with Crippen molar-refractivity contribution in [2.75, 3.05) is 5.32 Å². The Morgan fingerprint density at radius 3 is 2.73 bits per heavy atom. The van der Waals surface area contributed by atoms with Gasteiger partial charge in [-0.15, -0.1) is 0 Å². The Morgan fingerprint density at radius 1 is 1.11 bits per heavy atom. The van der Waals surface area contributed by atoms with Crippen molar-refractivity contribution in [3.63, 3.8) is 0 Å². The Labute approximate surface area is 220 Å². The highest BCUT2D eigenvalue weighted by atomic mass is 35.5. The van der Waals surface area contributed by atoms with Gasteiger partial charge in [0.25, 0.3) is 5.91 Å². The Hall–Kier alpha value is -3.64. The van der Waals surface area contributed by atoms with Gasteiger partial charge in [-0.1, -0.05) is 48.0 Å². The van der Waals surface area contributed by atoms with E-state index in [2.05, 4.69) is 27.7 Å². The summed E-state index contributed by atoms with van der Waals surface area (Å²) in [6.45, 7) is 0.437. The molecule has 1 aromatic heterocycles. The van der Waals surface area contributed by atoms with Crippen molar-refractivity contribution < 1.29 is 9.59 Å². The first-order valence-corrected chi connectivity index (χ1v) is 13.3. The van der Waals surface area contributed by atoms with E-state index < -0.39 is 5.41 Å². The molecule has 3 fully saturated rings. The zero-order valence-electron chi connectivity index (χ0n) is 20.3. The molecule has 7 heteroatoms. The van der Waals surface area contributed by atoms with Gasteiger partial charge in [0.05, 0.1) is 12.0 Å². The Balaban J connectivity index is 1.12. The van der Waals surface area contributed by atoms with E-state index in [4.69, 9.17) is 11.6 Å². The van der Waals surface area contributed by atoms with Gasteiger partial charge >= 0.3 is 0 Å². The third-order valence-corrected chi connectivity index (χ3v) is 8.40. The molecule has 2 heterocycles. The lowest BCUT2D eigenvalue weighted by atomic mass is 9.88. The van der Waals surface area contributed by atoms with Crippen LogP contribution in [0.15, 0.2) is 78.0 Å². The van der Waals surface area contributed by atoms with Gasteiger partial charge in [0.15, 0.2) is 5.82 Å². The second kappa shape index (κ2) is 8.45. The highest BCUT2D eigenvalue weighted by Crippen LogP contribution is 2.70. The summed E-state index contributed by atoms with van der Waals surface area (Å²) in [5.74, 6) is 1.20. The molecule has 0 bridgehead atoms. The van der Waals surface area contributed by atoms with Crippen LogP contribution in [0.1, 0.15) is 71.1 Å². The third kappa shape index (κ3) is 3.82. The summed E-state index contributed by atoms with van der Waals surface area (Å²) >= 11 is 6.11. The maximum absolute atomic E-state index is 14.0. The molecular formula is C30H27ClN4O2. The first-order valence-electron chi connectivity index (χ1n) is 13.0. The van der Waals surface area contributed by atoms with Crippen LogP contribution in [0.25, 0.3) is 0 Å². The number of nitrogens with zero attached hydrogens (tertiary/aromatic N) is 2. The van der Waals surface area contributed by atoms with Gasteiger partial charge in [-0.25, -0.2) is 0 Å².